The SMILES string of the molecule is O=C(NCC1CCC(O)CC1)c1cc2sccc2s1. The molecule has 0 aliphatic heterocycles. The van der Waals surface area contributed by atoms with Gasteiger partial charge in [-0.25, -0.2) is 0 Å². The topological polar surface area (TPSA) is 49.3 Å². The number of nitrogens with one attached hydrogen (secondary N) is 1. The number of fused-ring (bicyclic) bond motifs is 1. The molecule has 0 atom stereocenters. The van der Waals surface area contributed by atoms with Crippen molar-refractivity contribution < 1.29 is 9.90 Å². The minimum absolute atomic E-state index is 0.0412. The van der Waals surface area contributed by atoms with Crippen molar-refractivity contribution in [1.29, 1.82) is 0 Å². The van der Waals surface area contributed by atoms with Gasteiger partial charge in [0, 0.05) is 15.9 Å². The van der Waals surface area contributed by atoms with E-state index in [1.165, 1.54) is 9.40 Å². The van der Waals surface area contributed by atoms with Gasteiger partial charge in [0.25, 0.3) is 5.91 Å². The number of thiophene rings is 2. The predicted molar refractivity (Wildman–Crippen MR) is 80.0 cm³/mol. The molecule has 2 aromatic heterocycles. The molecule has 1 aliphatic carbocycles. The first-order chi connectivity index (χ1) is 9.22. The second-order valence-electron chi connectivity index (χ2n) is 5.14. The second-order valence-corrected chi connectivity index (χ2v) is 7.18. The Morgan fingerprint density at radius 2 is 2.11 bits per heavy atom. The molecule has 19 heavy (non-hydrogen) atoms. The summed E-state index contributed by atoms with van der Waals surface area (Å²) in [5, 5.41) is 14.5. The number of carbonyl (C=O) groups is 1. The zero-order chi connectivity index (χ0) is 13.2. The van der Waals surface area contributed by atoms with E-state index in [9.17, 15) is 9.90 Å². The van der Waals surface area contributed by atoms with Crippen molar-refractivity contribution in [2.24, 2.45) is 5.92 Å². The number of hydrogen-bond donors (Lipinski definition) is 2. The molecule has 3 rings (SSSR count). The van der Waals surface area contributed by atoms with Gasteiger partial charge in [-0.2, -0.15) is 0 Å². The number of carbonyl (C=O) groups excluding carboxylic acids is 1. The fourth-order valence-corrected chi connectivity index (χ4v) is 4.58. The molecule has 0 unspecified atom stereocenters. The van der Waals surface area contributed by atoms with Crippen molar-refractivity contribution in [2.45, 2.75) is 31.8 Å². The van der Waals surface area contributed by atoms with Gasteiger partial charge >= 0.3 is 0 Å². The van der Waals surface area contributed by atoms with E-state index >= 15 is 0 Å². The predicted octanol–water partition coefficient (Wildman–Crippen LogP) is 3.24. The van der Waals surface area contributed by atoms with Crippen LogP contribution in [0.1, 0.15) is 35.4 Å². The quantitative estimate of drug-likeness (QED) is 0.913. The zero-order valence-corrected chi connectivity index (χ0v) is 12.2. The van der Waals surface area contributed by atoms with Crippen molar-refractivity contribution in [3.63, 3.8) is 0 Å². The van der Waals surface area contributed by atoms with Crippen molar-refractivity contribution in [2.75, 3.05) is 6.54 Å². The van der Waals surface area contributed by atoms with Gasteiger partial charge in [0.1, 0.15) is 0 Å². The molecule has 2 heterocycles. The molecule has 1 fully saturated rings. The molecule has 1 amide bonds. The molecule has 0 radical (unpaired) electrons. The van der Waals surface area contributed by atoms with Crippen LogP contribution >= 0.6 is 22.7 Å². The molecular weight excluding hydrogens is 278 g/mol. The van der Waals surface area contributed by atoms with Crippen LogP contribution in [0, 0.1) is 5.92 Å². The van der Waals surface area contributed by atoms with Crippen LogP contribution in [0.2, 0.25) is 0 Å². The van der Waals surface area contributed by atoms with Gasteiger partial charge in [-0.05, 0) is 49.1 Å². The van der Waals surface area contributed by atoms with E-state index in [0.29, 0.717) is 5.92 Å². The highest BCUT2D eigenvalue weighted by molar-refractivity contribution is 7.27. The number of amides is 1. The van der Waals surface area contributed by atoms with Crippen LogP contribution in [0.5, 0.6) is 0 Å². The minimum atomic E-state index is -0.129. The summed E-state index contributed by atoms with van der Waals surface area (Å²) >= 11 is 3.23. The molecule has 0 bridgehead atoms. The summed E-state index contributed by atoms with van der Waals surface area (Å²) in [5.41, 5.74) is 0. The van der Waals surface area contributed by atoms with Crippen LogP contribution in [0.15, 0.2) is 17.5 Å². The monoisotopic (exact) mass is 295 g/mol. The molecule has 2 aromatic rings. The van der Waals surface area contributed by atoms with E-state index in [4.69, 9.17) is 0 Å². The highest BCUT2D eigenvalue weighted by Gasteiger charge is 2.20. The lowest BCUT2D eigenvalue weighted by Gasteiger charge is -2.25. The third-order valence-electron chi connectivity index (χ3n) is 3.73. The van der Waals surface area contributed by atoms with Gasteiger partial charge in [-0.1, -0.05) is 0 Å². The highest BCUT2D eigenvalue weighted by atomic mass is 32.1. The Hall–Kier alpha value is -0.910. The largest absolute Gasteiger partial charge is 0.393 e. The second kappa shape index (κ2) is 5.61. The van der Waals surface area contributed by atoms with Crippen LogP contribution in [0.25, 0.3) is 9.40 Å². The fraction of sp³-hybridized carbons (Fsp3) is 0.500. The number of rotatable bonds is 3. The van der Waals surface area contributed by atoms with Crippen molar-refractivity contribution in [1.82, 2.24) is 5.32 Å². The van der Waals surface area contributed by atoms with Crippen LogP contribution in [0.4, 0.5) is 0 Å². The first kappa shape index (κ1) is 13.1. The summed E-state index contributed by atoms with van der Waals surface area (Å²) < 4.78 is 2.38. The Labute approximate surface area is 120 Å². The van der Waals surface area contributed by atoms with Crippen LogP contribution in [0.3, 0.4) is 0 Å². The first-order valence-corrected chi connectivity index (χ1v) is 8.35. The molecule has 3 nitrogen and oxygen atoms in total. The first-order valence-electron chi connectivity index (χ1n) is 6.65. The maximum absolute atomic E-state index is 12.1. The van der Waals surface area contributed by atoms with Crippen LogP contribution in [-0.2, 0) is 0 Å². The molecule has 0 saturated heterocycles. The van der Waals surface area contributed by atoms with Crippen molar-refractivity contribution in [3.05, 3.63) is 22.4 Å². The van der Waals surface area contributed by atoms with Gasteiger partial charge in [-0.15, -0.1) is 22.7 Å². The van der Waals surface area contributed by atoms with Gasteiger partial charge in [0.15, 0.2) is 0 Å². The zero-order valence-electron chi connectivity index (χ0n) is 10.6. The summed E-state index contributed by atoms with van der Waals surface area (Å²) in [7, 11) is 0. The summed E-state index contributed by atoms with van der Waals surface area (Å²) in [6.07, 6.45) is 3.64. The minimum Gasteiger partial charge on any atom is -0.393 e. The van der Waals surface area contributed by atoms with E-state index in [1.54, 1.807) is 22.7 Å². The normalized spacial score (nSPS) is 23.6. The Morgan fingerprint density at radius 3 is 2.84 bits per heavy atom. The number of aliphatic hydroxyl groups is 1. The molecule has 5 heteroatoms. The van der Waals surface area contributed by atoms with Gasteiger partial charge in [0.2, 0.25) is 0 Å². The molecule has 0 aromatic carbocycles. The number of aliphatic hydroxyl groups excluding tert-OH is 1. The summed E-state index contributed by atoms with van der Waals surface area (Å²) in [6.45, 7) is 0.733. The highest BCUT2D eigenvalue weighted by Crippen LogP contribution is 2.30. The molecule has 1 aliphatic rings. The Balaban J connectivity index is 1.55. The lowest BCUT2D eigenvalue weighted by atomic mass is 9.87. The molecule has 102 valence electrons. The maximum Gasteiger partial charge on any atom is 0.261 e. The summed E-state index contributed by atoms with van der Waals surface area (Å²) in [4.78, 5) is 12.9. The Bertz CT molecular complexity index is 538. The van der Waals surface area contributed by atoms with E-state index in [1.807, 2.05) is 6.07 Å². The van der Waals surface area contributed by atoms with E-state index < -0.39 is 0 Å². The van der Waals surface area contributed by atoms with Gasteiger partial charge in [0.05, 0.1) is 11.0 Å². The summed E-state index contributed by atoms with van der Waals surface area (Å²) in [6, 6.07) is 4.04. The average Bonchev–Trinajstić information content (AvgIpc) is 2.98. The fourth-order valence-electron chi connectivity index (χ4n) is 2.55. The van der Waals surface area contributed by atoms with E-state index in [-0.39, 0.29) is 12.0 Å². The Morgan fingerprint density at radius 1 is 1.32 bits per heavy atom. The third kappa shape index (κ3) is 2.99. The molecule has 0 spiro atoms. The third-order valence-corrected chi connectivity index (χ3v) is 5.82. The van der Waals surface area contributed by atoms with E-state index in [2.05, 4.69) is 16.8 Å². The standard InChI is InChI=1S/C14H17NO2S2/c16-10-3-1-9(2-4-10)8-15-14(17)13-7-12-11(19-13)5-6-18-12/h5-7,9-10,16H,1-4,8H2,(H,15,17). The molecule has 2 N–H and O–H groups in total. The molecular formula is C14H17NO2S2. The van der Waals surface area contributed by atoms with Crippen molar-refractivity contribution in [3.8, 4) is 0 Å². The summed E-state index contributed by atoms with van der Waals surface area (Å²) in [5.74, 6) is 0.563. The molecule has 1 saturated carbocycles. The lowest BCUT2D eigenvalue weighted by Crippen LogP contribution is -2.31. The van der Waals surface area contributed by atoms with Crippen molar-refractivity contribution >= 4 is 38.0 Å². The lowest BCUT2D eigenvalue weighted by molar-refractivity contribution is 0.0914. The van der Waals surface area contributed by atoms with Gasteiger partial charge in [-0.3, -0.25) is 4.79 Å². The van der Waals surface area contributed by atoms with Crippen LogP contribution in [-0.4, -0.2) is 23.7 Å². The number of hydrogen-bond acceptors (Lipinski definition) is 4. The van der Waals surface area contributed by atoms with Gasteiger partial charge < -0.3 is 10.4 Å². The maximum atomic E-state index is 12.1. The smallest absolute Gasteiger partial charge is 0.261 e. The average molecular weight is 295 g/mol. The van der Waals surface area contributed by atoms with Crippen LogP contribution < -0.4 is 5.32 Å². The Kier molecular flexibility index (Phi) is 3.86. The van der Waals surface area contributed by atoms with E-state index in [0.717, 1.165) is 37.1 Å².